The molecule has 0 saturated heterocycles. The summed E-state index contributed by atoms with van der Waals surface area (Å²) < 4.78 is 25.9. The summed E-state index contributed by atoms with van der Waals surface area (Å²) in [4.78, 5) is 29.2. The van der Waals surface area contributed by atoms with E-state index >= 15 is 0 Å². The van der Waals surface area contributed by atoms with Gasteiger partial charge in [-0.15, -0.1) is 0 Å². The zero-order valence-corrected chi connectivity index (χ0v) is 15.6. The predicted octanol–water partition coefficient (Wildman–Crippen LogP) is 2.30. The molecule has 7 nitrogen and oxygen atoms in total. The van der Waals surface area contributed by atoms with Crippen molar-refractivity contribution in [2.24, 2.45) is 0 Å². The van der Waals surface area contributed by atoms with E-state index in [1.54, 1.807) is 36.4 Å². The van der Waals surface area contributed by atoms with Crippen molar-refractivity contribution in [1.82, 2.24) is 20.1 Å². The molecule has 2 aromatic heterocycles. The van der Waals surface area contributed by atoms with Crippen LogP contribution in [0.3, 0.4) is 0 Å². The number of aliphatic hydroxyl groups is 1. The molecule has 0 aliphatic rings. The molecule has 0 aliphatic carbocycles. The Morgan fingerprint density at radius 2 is 1.97 bits per heavy atom. The predicted molar refractivity (Wildman–Crippen MR) is 102 cm³/mol. The fourth-order valence-electron chi connectivity index (χ4n) is 2.45. The van der Waals surface area contributed by atoms with Crippen LogP contribution in [0.1, 0.15) is 10.4 Å². The normalized spacial score (nSPS) is 12.0. The maximum absolute atomic E-state index is 12.8. The van der Waals surface area contributed by atoms with Crippen molar-refractivity contribution in [3.05, 3.63) is 75.8 Å². The van der Waals surface area contributed by atoms with Crippen LogP contribution in [0.25, 0.3) is 16.9 Å². The summed E-state index contributed by atoms with van der Waals surface area (Å²) in [6.45, 7) is -0.707. The van der Waals surface area contributed by atoms with E-state index in [4.69, 9.17) is 11.6 Å². The summed E-state index contributed by atoms with van der Waals surface area (Å²) in [5, 5.41) is 16.1. The molecule has 10 heteroatoms. The highest BCUT2D eigenvalue weighted by atomic mass is 35.5. The first-order chi connectivity index (χ1) is 13.9. The number of hydrogen-bond donors (Lipinski definition) is 2. The zero-order chi connectivity index (χ0) is 21.0. The van der Waals surface area contributed by atoms with Crippen molar-refractivity contribution >= 4 is 17.5 Å². The van der Waals surface area contributed by atoms with Gasteiger partial charge in [0.1, 0.15) is 11.7 Å². The van der Waals surface area contributed by atoms with Crippen LogP contribution >= 0.6 is 11.6 Å². The number of pyridine rings is 1. The first-order valence-electron chi connectivity index (χ1n) is 8.42. The first kappa shape index (κ1) is 20.6. The minimum absolute atomic E-state index is 0.282. The van der Waals surface area contributed by atoms with Crippen molar-refractivity contribution in [1.29, 1.82) is 0 Å². The Labute approximate surface area is 168 Å². The molecule has 0 aliphatic heterocycles. The van der Waals surface area contributed by atoms with Crippen LogP contribution in [0.2, 0.25) is 5.02 Å². The van der Waals surface area contributed by atoms with Crippen LogP contribution in [0, 0.1) is 0 Å². The summed E-state index contributed by atoms with van der Waals surface area (Å²) in [5.74, 6) is -0.912. The van der Waals surface area contributed by atoms with Gasteiger partial charge in [0.15, 0.2) is 0 Å². The Hall–Kier alpha value is -3.17. The molecule has 2 heterocycles. The smallest absolute Gasteiger partial charge is 0.284 e. The van der Waals surface area contributed by atoms with Gasteiger partial charge in [-0.25, -0.2) is 8.78 Å². The van der Waals surface area contributed by atoms with Gasteiger partial charge in [-0.05, 0) is 30.3 Å². The number of aliphatic hydroxyl groups excluding tert-OH is 1. The molecule has 1 amide bonds. The summed E-state index contributed by atoms with van der Waals surface area (Å²) in [6.07, 6.45) is -2.17. The average Bonchev–Trinajstić information content (AvgIpc) is 2.73. The van der Waals surface area contributed by atoms with E-state index in [0.717, 1.165) is 4.68 Å². The van der Waals surface area contributed by atoms with E-state index in [0.29, 0.717) is 16.3 Å². The van der Waals surface area contributed by atoms with Gasteiger partial charge in [-0.3, -0.25) is 14.6 Å². The van der Waals surface area contributed by atoms with Gasteiger partial charge in [0.25, 0.3) is 17.9 Å². The van der Waals surface area contributed by atoms with Crippen molar-refractivity contribution < 1.29 is 18.7 Å². The second-order valence-corrected chi connectivity index (χ2v) is 6.43. The Morgan fingerprint density at radius 1 is 1.24 bits per heavy atom. The highest BCUT2D eigenvalue weighted by Crippen LogP contribution is 2.20. The Balaban J connectivity index is 2.07. The summed E-state index contributed by atoms with van der Waals surface area (Å²) in [6, 6.07) is 11.0. The number of carbonyl (C=O) groups excluding carboxylic acids is 1. The minimum atomic E-state index is -3.02. The molecule has 0 bridgehead atoms. The van der Waals surface area contributed by atoms with Crippen LogP contribution < -0.4 is 10.9 Å². The number of aromatic nitrogens is 3. The number of nitrogens with zero attached hydrogens (tertiary/aromatic N) is 3. The van der Waals surface area contributed by atoms with Crippen LogP contribution in [0.5, 0.6) is 0 Å². The van der Waals surface area contributed by atoms with E-state index in [1.165, 1.54) is 18.5 Å². The third-order valence-corrected chi connectivity index (χ3v) is 4.20. The van der Waals surface area contributed by atoms with E-state index in [-0.39, 0.29) is 11.3 Å². The molecule has 0 radical (unpaired) electrons. The Bertz CT molecular complexity index is 1060. The van der Waals surface area contributed by atoms with E-state index in [2.05, 4.69) is 15.4 Å². The molecule has 3 rings (SSSR count). The third-order valence-electron chi connectivity index (χ3n) is 3.95. The lowest BCUT2D eigenvalue weighted by molar-refractivity contribution is -0.00271. The van der Waals surface area contributed by atoms with Crippen LogP contribution in [-0.4, -0.2) is 44.9 Å². The summed E-state index contributed by atoms with van der Waals surface area (Å²) in [7, 11) is 0. The fourth-order valence-corrected chi connectivity index (χ4v) is 2.58. The molecular formula is C19H15ClF2N4O3. The number of nitrogens with one attached hydrogen (secondary N) is 1. The topological polar surface area (TPSA) is 97.1 Å². The second-order valence-electron chi connectivity index (χ2n) is 5.99. The van der Waals surface area contributed by atoms with Crippen molar-refractivity contribution in [3.63, 3.8) is 0 Å². The van der Waals surface area contributed by atoms with Crippen LogP contribution in [0.4, 0.5) is 8.78 Å². The molecule has 1 atom stereocenters. The lowest BCUT2D eigenvalue weighted by Gasteiger charge is -2.13. The third kappa shape index (κ3) is 4.82. The van der Waals surface area contributed by atoms with Gasteiger partial charge in [0, 0.05) is 23.3 Å². The van der Waals surface area contributed by atoms with Crippen molar-refractivity contribution in [2.75, 3.05) is 6.54 Å². The highest BCUT2D eigenvalue weighted by Gasteiger charge is 2.21. The van der Waals surface area contributed by atoms with Gasteiger partial charge in [0.2, 0.25) is 0 Å². The van der Waals surface area contributed by atoms with Crippen molar-refractivity contribution in [2.45, 2.75) is 12.5 Å². The number of rotatable bonds is 6. The molecule has 2 N–H and O–H groups in total. The molecule has 29 heavy (non-hydrogen) atoms. The van der Waals surface area contributed by atoms with Gasteiger partial charge < -0.3 is 10.4 Å². The van der Waals surface area contributed by atoms with Gasteiger partial charge in [-0.1, -0.05) is 23.7 Å². The number of hydrogen-bond acceptors (Lipinski definition) is 5. The number of amides is 1. The molecule has 0 spiro atoms. The van der Waals surface area contributed by atoms with Gasteiger partial charge in [-0.2, -0.15) is 9.78 Å². The molecule has 1 aromatic carbocycles. The summed E-state index contributed by atoms with van der Waals surface area (Å²) >= 11 is 5.90. The zero-order valence-electron chi connectivity index (χ0n) is 14.8. The minimum Gasteiger partial charge on any atom is -0.385 e. The van der Waals surface area contributed by atoms with Crippen molar-refractivity contribution in [3.8, 4) is 16.9 Å². The van der Waals surface area contributed by atoms with E-state index < -0.39 is 30.5 Å². The molecule has 1 unspecified atom stereocenters. The lowest BCUT2D eigenvalue weighted by atomic mass is 10.1. The average molecular weight is 421 g/mol. The molecular weight excluding hydrogens is 406 g/mol. The van der Waals surface area contributed by atoms with Gasteiger partial charge in [0.05, 0.1) is 17.6 Å². The molecule has 3 aromatic rings. The standard InChI is InChI=1S/C19H15ClF2N4O3/c20-12-5-3-11(4-6-12)15-8-14(18(28)24-10-16(27)17(21)22)19(29)26(25-15)13-2-1-7-23-9-13/h1-9,16-17,27H,10H2,(H,24,28). The monoisotopic (exact) mass is 420 g/mol. The summed E-state index contributed by atoms with van der Waals surface area (Å²) in [5.41, 5.74) is 0.0865. The number of halogens is 3. The van der Waals surface area contributed by atoms with E-state index in [9.17, 15) is 23.5 Å². The largest absolute Gasteiger partial charge is 0.385 e. The Kier molecular flexibility index (Phi) is 6.30. The molecule has 0 fully saturated rings. The molecule has 150 valence electrons. The van der Waals surface area contributed by atoms with Crippen LogP contribution in [0.15, 0.2) is 59.7 Å². The Morgan fingerprint density at radius 3 is 2.59 bits per heavy atom. The highest BCUT2D eigenvalue weighted by molar-refractivity contribution is 6.30. The molecule has 0 saturated carbocycles. The fraction of sp³-hybridized carbons (Fsp3) is 0.158. The maximum atomic E-state index is 12.8. The number of benzene rings is 1. The number of alkyl halides is 2. The van der Waals surface area contributed by atoms with Crippen LogP contribution in [-0.2, 0) is 0 Å². The first-order valence-corrected chi connectivity index (χ1v) is 8.79. The quantitative estimate of drug-likeness (QED) is 0.637. The van der Waals surface area contributed by atoms with Gasteiger partial charge >= 0.3 is 0 Å². The SMILES string of the molecule is O=C(NCC(O)C(F)F)c1cc(-c2ccc(Cl)cc2)nn(-c2cccnc2)c1=O. The second kappa shape index (κ2) is 8.89. The lowest BCUT2D eigenvalue weighted by Crippen LogP contribution is -2.39. The maximum Gasteiger partial charge on any atom is 0.284 e. The van der Waals surface area contributed by atoms with E-state index in [1.807, 2.05) is 0 Å². The number of carbonyl (C=O) groups is 1.